The number of rotatable bonds is 6. The molecule has 4 nitrogen and oxygen atoms in total. The molecule has 0 heterocycles. The monoisotopic (exact) mass is 425 g/mol. The summed E-state index contributed by atoms with van der Waals surface area (Å²) in [5, 5.41) is 9.60. The lowest BCUT2D eigenvalue weighted by Crippen LogP contribution is -2.32. The highest BCUT2D eigenvalue weighted by molar-refractivity contribution is 7.89. The number of allylic oxidation sites excluding steroid dienone is 3. The summed E-state index contributed by atoms with van der Waals surface area (Å²) in [4.78, 5) is 0.283. The van der Waals surface area contributed by atoms with Crippen LogP contribution in [0.25, 0.3) is 0 Å². The van der Waals surface area contributed by atoms with Gasteiger partial charge in [0.25, 0.3) is 10.0 Å². The molecule has 0 saturated carbocycles. The van der Waals surface area contributed by atoms with Crippen LogP contribution in [0, 0.1) is 36.5 Å². The van der Waals surface area contributed by atoms with Gasteiger partial charge in [-0.2, -0.15) is 0 Å². The molecule has 0 fully saturated rings. The number of benzene rings is 1. The van der Waals surface area contributed by atoms with Crippen molar-refractivity contribution in [2.75, 3.05) is 6.54 Å². The second-order valence-corrected chi connectivity index (χ2v) is 10.1. The van der Waals surface area contributed by atoms with E-state index in [1.54, 1.807) is 26.0 Å². The normalized spacial score (nSPS) is 16.4. The van der Waals surface area contributed by atoms with Gasteiger partial charge in [-0.15, -0.1) is 0 Å². The molecule has 0 saturated heterocycles. The molecule has 5 heteroatoms. The molecule has 0 radical (unpaired) electrons. The lowest BCUT2D eigenvalue weighted by Gasteiger charge is -2.31. The highest BCUT2D eigenvalue weighted by Crippen LogP contribution is 2.32. The molecule has 0 aliphatic heterocycles. The molecule has 1 N–H and O–H groups in total. The Bertz CT molecular complexity index is 1020. The minimum absolute atomic E-state index is 0.261. The van der Waals surface area contributed by atoms with Gasteiger partial charge in [0.2, 0.25) is 0 Å². The maximum atomic E-state index is 13.4. The van der Waals surface area contributed by atoms with Gasteiger partial charge in [0, 0.05) is 18.7 Å². The molecule has 1 aliphatic rings. The first-order valence-corrected chi connectivity index (χ1v) is 11.6. The Morgan fingerprint density at radius 2 is 1.93 bits per heavy atom. The van der Waals surface area contributed by atoms with Crippen molar-refractivity contribution in [2.24, 2.45) is 5.92 Å². The van der Waals surface area contributed by atoms with E-state index in [9.17, 15) is 13.5 Å². The lowest BCUT2D eigenvalue weighted by atomic mass is 9.88. The highest BCUT2D eigenvalue weighted by atomic mass is 32.2. The summed E-state index contributed by atoms with van der Waals surface area (Å²) in [5.41, 5.74) is 1.87. The van der Waals surface area contributed by atoms with Crippen LogP contribution in [0.15, 0.2) is 53.1 Å². The number of hydrogen-bond donors (Lipinski definition) is 1. The second-order valence-electron chi connectivity index (χ2n) is 8.26. The first kappa shape index (κ1) is 23.8. The van der Waals surface area contributed by atoms with E-state index in [4.69, 9.17) is 0 Å². The van der Waals surface area contributed by atoms with Gasteiger partial charge in [-0.3, -0.25) is 4.31 Å². The third-order valence-corrected chi connectivity index (χ3v) is 6.84. The van der Waals surface area contributed by atoms with Gasteiger partial charge in [0.15, 0.2) is 0 Å². The zero-order chi connectivity index (χ0) is 22.4. The zero-order valence-electron chi connectivity index (χ0n) is 18.3. The molecule has 2 rings (SSSR count). The number of aliphatic hydroxyl groups is 1. The molecule has 0 spiro atoms. The summed E-state index contributed by atoms with van der Waals surface area (Å²) in [6.45, 7) is 11.4. The fraction of sp³-hybridized carbons (Fsp3) is 0.440. The Hall–Kier alpha value is -2.47. The summed E-state index contributed by atoms with van der Waals surface area (Å²) in [5.74, 6) is 11.3. The standard InChI is InChI=1S/C25H31NO3S/c1-20(2)22-12-14-23(15-13-22)26(19-9-7-6-8-18-25(4,5)27)30(28,29)24-16-10-21(3)11-17-24/h10-11,14,16-17,22,27H,1,9,12-13,15,19H2,2-5H3/t22-/m1/s1. The molecule has 1 atom stereocenters. The summed E-state index contributed by atoms with van der Waals surface area (Å²) < 4.78 is 28.2. The Labute approximate surface area is 181 Å². The minimum atomic E-state index is -3.67. The van der Waals surface area contributed by atoms with E-state index < -0.39 is 15.6 Å². The number of hydrogen-bond acceptors (Lipinski definition) is 3. The summed E-state index contributed by atoms with van der Waals surface area (Å²) in [6.07, 6.45) is 4.76. The Morgan fingerprint density at radius 3 is 2.47 bits per heavy atom. The summed E-state index contributed by atoms with van der Waals surface area (Å²) in [7, 11) is -3.67. The predicted molar refractivity (Wildman–Crippen MR) is 122 cm³/mol. The number of nitrogens with zero attached hydrogens (tertiary/aromatic N) is 1. The van der Waals surface area contributed by atoms with Gasteiger partial charge in [-0.1, -0.05) is 47.8 Å². The summed E-state index contributed by atoms with van der Waals surface area (Å²) in [6, 6.07) is 6.92. The largest absolute Gasteiger partial charge is 0.378 e. The maximum absolute atomic E-state index is 13.4. The van der Waals surface area contributed by atoms with Crippen LogP contribution < -0.4 is 0 Å². The molecule has 0 amide bonds. The fourth-order valence-electron chi connectivity index (χ4n) is 3.20. The average molecular weight is 426 g/mol. The van der Waals surface area contributed by atoms with E-state index in [0.29, 0.717) is 18.8 Å². The van der Waals surface area contributed by atoms with Crippen molar-refractivity contribution in [2.45, 2.75) is 63.9 Å². The maximum Gasteiger partial charge on any atom is 0.264 e. The Balaban J connectivity index is 2.27. The average Bonchev–Trinajstić information content (AvgIpc) is 2.67. The van der Waals surface area contributed by atoms with Crippen molar-refractivity contribution in [3.05, 3.63) is 53.8 Å². The van der Waals surface area contributed by atoms with E-state index in [1.165, 1.54) is 4.31 Å². The van der Waals surface area contributed by atoms with Gasteiger partial charge < -0.3 is 5.11 Å². The summed E-state index contributed by atoms with van der Waals surface area (Å²) >= 11 is 0. The highest BCUT2D eigenvalue weighted by Gasteiger charge is 2.28. The molecular weight excluding hydrogens is 394 g/mol. The van der Waals surface area contributed by atoms with Crippen LogP contribution in [0.1, 0.15) is 52.0 Å². The van der Waals surface area contributed by atoms with Crippen molar-refractivity contribution in [3.63, 3.8) is 0 Å². The van der Waals surface area contributed by atoms with Crippen molar-refractivity contribution < 1.29 is 13.5 Å². The topological polar surface area (TPSA) is 57.6 Å². The first-order valence-electron chi connectivity index (χ1n) is 10.2. The molecule has 0 bridgehead atoms. The van der Waals surface area contributed by atoms with Crippen LogP contribution >= 0.6 is 0 Å². The van der Waals surface area contributed by atoms with Crippen LogP contribution in [0.3, 0.4) is 0 Å². The molecule has 1 aromatic carbocycles. The van der Waals surface area contributed by atoms with Crippen molar-refractivity contribution in [3.8, 4) is 23.7 Å². The van der Waals surface area contributed by atoms with Crippen LogP contribution in [-0.4, -0.2) is 30.0 Å². The molecule has 1 aliphatic carbocycles. The van der Waals surface area contributed by atoms with E-state index in [2.05, 4.69) is 30.3 Å². The second kappa shape index (κ2) is 10.0. The van der Waals surface area contributed by atoms with E-state index in [0.717, 1.165) is 29.7 Å². The quantitative estimate of drug-likeness (QED) is 0.542. The van der Waals surface area contributed by atoms with E-state index >= 15 is 0 Å². The van der Waals surface area contributed by atoms with Crippen LogP contribution in [0.2, 0.25) is 0 Å². The van der Waals surface area contributed by atoms with Gasteiger partial charge in [0.1, 0.15) is 5.60 Å². The molecular formula is C25H31NO3S. The smallest absolute Gasteiger partial charge is 0.264 e. The van der Waals surface area contributed by atoms with Crippen LogP contribution in [-0.2, 0) is 10.0 Å². The third kappa shape index (κ3) is 6.80. The van der Waals surface area contributed by atoms with E-state index in [-0.39, 0.29) is 11.4 Å². The fourth-order valence-corrected chi connectivity index (χ4v) is 4.74. The Kier molecular flexibility index (Phi) is 7.96. The first-order chi connectivity index (χ1) is 14.0. The van der Waals surface area contributed by atoms with Gasteiger partial charge in [0.05, 0.1) is 4.90 Å². The van der Waals surface area contributed by atoms with Crippen molar-refractivity contribution >= 4 is 10.0 Å². The SMILES string of the molecule is C=C(C)[C@@H]1CC=C(N(CCC#CC#CC(C)(C)O)S(=O)(=O)c2ccc(C)cc2)CC1. The minimum Gasteiger partial charge on any atom is -0.378 e. The number of sulfonamides is 1. The molecule has 30 heavy (non-hydrogen) atoms. The third-order valence-electron chi connectivity index (χ3n) is 4.97. The van der Waals surface area contributed by atoms with Crippen molar-refractivity contribution in [1.82, 2.24) is 4.31 Å². The molecule has 160 valence electrons. The van der Waals surface area contributed by atoms with Crippen molar-refractivity contribution in [1.29, 1.82) is 0 Å². The van der Waals surface area contributed by atoms with Crippen LogP contribution in [0.4, 0.5) is 0 Å². The van der Waals surface area contributed by atoms with Crippen LogP contribution in [0.5, 0.6) is 0 Å². The number of aryl methyl sites for hydroxylation is 1. The molecule has 0 unspecified atom stereocenters. The lowest BCUT2D eigenvalue weighted by molar-refractivity contribution is 0.143. The molecule has 0 aromatic heterocycles. The van der Waals surface area contributed by atoms with E-state index in [1.807, 2.05) is 32.1 Å². The zero-order valence-corrected chi connectivity index (χ0v) is 19.1. The van der Waals surface area contributed by atoms with Gasteiger partial charge in [-0.05, 0) is 76.8 Å². The predicted octanol–water partition coefficient (Wildman–Crippen LogP) is 4.41. The van der Waals surface area contributed by atoms with Gasteiger partial charge in [-0.25, -0.2) is 8.42 Å². The van der Waals surface area contributed by atoms with Gasteiger partial charge >= 0.3 is 0 Å². The Morgan fingerprint density at radius 1 is 1.27 bits per heavy atom. The molecule has 1 aromatic rings.